The van der Waals surface area contributed by atoms with Crippen LogP contribution in [0, 0.1) is 11.6 Å². The second-order valence-electron chi connectivity index (χ2n) is 3.75. The summed E-state index contributed by atoms with van der Waals surface area (Å²) in [6.45, 7) is 0. The van der Waals surface area contributed by atoms with Gasteiger partial charge in [-0.2, -0.15) is 0 Å². The first-order chi connectivity index (χ1) is 9.00. The molecule has 0 saturated heterocycles. The molecule has 0 saturated carbocycles. The molecule has 1 amide bonds. The largest absolute Gasteiger partial charge is 0.278 e. The SMILES string of the molecule is NN(C(=O)c1c(F)cccc1F)c1ccc(Br)cc1. The van der Waals surface area contributed by atoms with Crippen LogP contribution in [0.15, 0.2) is 46.9 Å². The van der Waals surface area contributed by atoms with Crippen LogP contribution in [0.2, 0.25) is 0 Å². The van der Waals surface area contributed by atoms with Crippen LogP contribution in [0.25, 0.3) is 0 Å². The minimum absolute atomic E-state index is 0.329. The Hall–Kier alpha value is -1.79. The molecule has 2 aromatic rings. The van der Waals surface area contributed by atoms with E-state index in [9.17, 15) is 13.6 Å². The number of rotatable bonds is 2. The number of amides is 1. The molecule has 0 spiro atoms. The van der Waals surface area contributed by atoms with Gasteiger partial charge in [0.15, 0.2) is 0 Å². The summed E-state index contributed by atoms with van der Waals surface area (Å²) in [5.74, 6) is 2.75. The van der Waals surface area contributed by atoms with Gasteiger partial charge in [-0.3, -0.25) is 4.79 Å². The lowest BCUT2D eigenvalue weighted by molar-refractivity contribution is 0.0978. The highest BCUT2D eigenvalue weighted by molar-refractivity contribution is 9.10. The molecule has 2 rings (SSSR count). The van der Waals surface area contributed by atoms with Gasteiger partial charge < -0.3 is 0 Å². The molecule has 19 heavy (non-hydrogen) atoms. The topological polar surface area (TPSA) is 46.3 Å². The van der Waals surface area contributed by atoms with Crippen molar-refractivity contribution in [2.24, 2.45) is 5.84 Å². The quantitative estimate of drug-likeness (QED) is 0.523. The lowest BCUT2D eigenvalue weighted by Gasteiger charge is -2.17. The zero-order valence-corrected chi connectivity index (χ0v) is 11.2. The second-order valence-corrected chi connectivity index (χ2v) is 4.66. The zero-order valence-electron chi connectivity index (χ0n) is 9.61. The van der Waals surface area contributed by atoms with Gasteiger partial charge in [-0.1, -0.05) is 22.0 Å². The standard InChI is InChI=1S/C13H9BrF2N2O/c14-8-4-6-9(7-5-8)18(17)13(19)12-10(15)2-1-3-11(12)16/h1-7H,17H2. The van der Waals surface area contributed by atoms with E-state index < -0.39 is 23.1 Å². The molecule has 6 heteroatoms. The number of anilines is 1. The summed E-state index contributed by atoms with van der Waals surface area (Å²) in [7, 11) is 0. The van der Waals surface area contributed by atoms with Crippen molar-refractivity contribution in [3.8, 4) is 0 Å². The molecule has 0 radical (unpaired) electrons. The maximum Gasteiger partial charge on any atom is 0.278 e. The Labute approximate surface area is 116 Å². The molecule has 0 atom stereocenters. The summed E-state index contributed by atoms with van der Waals surface area (Å²) in [6.07, 6.45) is 0. The molecule has 0 aromatic heterocycles. The highest BCUT2D eigenvalue weighted by Gasteiger charge is 2.22. The number of nitrogens with two attached hydrogens (primary N) is 1. The molecule has 0 unspecified atom stereocenters. The van der Waals surface area contributed by atoms with Gasteiger partial charge in [0.05, 0.1) is 5.69 Å². The lowest BCUT2D eigenvalue weighted by atomic mass is 10.1. The Morgan fingerprint density at radius 2 is 1.58 bits per heavy atom. The van der Waals surface area contributed by atoms with Crippen LogP contribution in [-0.4, -0.2) is 5.91 Å². The van der Waals surface area contributed by atoms with Gasteiger partial charge >= 0.3 is 0 Å². The van der Waals surface area contributed by atoms with Crippen molar-refractivity contribution in [1.29, 1.82) is 0 Å². The van der Waals surface area contributed by atoms with Gasteiger partial charge in [-0.15, -0.1) is 0 Å². The van der Waals surface area contributed by atoms with E-state index >= 15 is 0 Å². The fourth-order valence-electron chi connectivity index (χ4n) is 1.54. The van der Waals surface area contributed by atoms with E-state index in [0.717, 1.165) is 16.6 Å². The monoisotopic (exact) mass is 326 g/mol. The van der Waals surface area contributed by atoms with Crippen molar-refractivity contribution < 1.29 is 13.6 Å². The molecule has 3 nitrogen and oxygen atoms in total. The highest BCUT2D eigenvalue weighted by atomic mass is 79.9. The number of hydrogen-bond donors (Lipinski definition) is 1. The lowest BCUT2D eigenvalue weighted by Crippen LogP contribution is -2.38. The summed E-state index contributed by atoms with van der Waals surface area (Å²) in [4.78, 5) is 12.0. The number of carbonyl (C=O) groups is 1. The predicted molar refractivity (Wildman–Crippen MR) is 71.5 cm³/mol. The molecule has 98 valence electrons. The molecule has 0 fully saturated rings. The summed E-state index contributed by atoms with van der Waals surface area (Å²) >= 11 is 3.24. The molecule has 0 heterocycles. The Morgan fingerprint density at radius 1 is 1.05 bits per heavy atom. The van der Waals surface area contributed by atoms with Gasteiger partial charge in [0, 0.05) is 4.47 Å². The van der Waals surface area contributed by atoms with E-state index in [0.29, 0.717) is 10.7 Å². The summed E-state index contributed by atoms with van der Waals surface area (Å²) in [6, 6.07) is 9.64. The van der Waals surface area contributed by atoms with Gasteiger partial charge in [0.25, 0.3) is 5.91 Å². The Morgan fingerprint density at radius 3 is 2.11 bits per heavy atom. The molecule has 2 aromatic carbocycles. The molecule has 0 bridgehead atoms. The van der Waals surface area contributed by atoms with E-state index in [4.69, 9.17) is 5.84 Å². The van der Waals surface area contributed by atoms with Crippen molar-refractivity contribution in [1.82, 2.24) is 0 Å². The molecule has 0 aliphatic carbocycles. The summed E-state index contributed by atoms with van der Waals surface area (Å²) in [5.41, 5.74) is -0.344. The first-order valence-electron chi connectivity index (χ1n) is 5.29. The van der Waals surface area contributed by atoms with Crippen molar-refractivity contribution in [3.63, 3.8) is 0 Å². The number of benzene rings is 2. The molecule has 2 N–H and O–H groups in total. The molecular weight excluding hydrogens is 318 g/mol. The van der Waals surface area contributed by atoms with Crippen LogP contribution in [0.1, 0.15) is 10.4 Å². The van der Waals surface area contributed by atoms with E-state index in [1.165, 1.54) is 6.07 Å². The van der Waals surface area contributed by atoms with E-state index in [1.54, 1.807) is 24.3 Å². The van der Waals surface area contributed by atoms with E-state index in [2.05, 4.69) is 15.9 Å². The molecule has 0 aliphatic rings. The van der Waals surface area contributed by atoms with Crippen LogP contribution in [0.4, 0.5) is 14.5 Å². The Kier molecular flexibility index (Phi) is 3.92. The van der Waals surface area contributed by atoms with Crippen LogP contribution in [-0.2, 0) is 0 Å². The van der Waals surface area contributed by atoms with Crippen LogP contribution < -0.4 is 10.9 Å². The first kappa shape index (κ1) is 13.6. The van der Waals surface area contributed by atoms with Crippen LogP contribution >= 0.6 is 15.9 Å². The predicted octanol–water partition coefficient (Wildman–Crippen LogP) is 3.25. The minimum atomic E-state index is -0.947. The molecule has 0 aliphatic heterocycles. The van der Waals surface area contributed by atoms with E-state index in [-0.39, 0.29) is 0 Å². The minimum Gasteiger partial charge on any atom is -0.267 e. The second kappa shape index (κ2) is 5.46. The van der Waals surface area contributed by atoms with Crippen molar-refractivity contribution in [2.45, 2.75) is 0 Å². The third-order valence-corrected chi connectivity index (χ3v) is 3.03. The van der Waals surface area contributed by atoms with Gasteiger partial charge in [0.2, 0.25) is 0 Å². The third-order valence-electron chi connectivity index (χ3n) is 2.50. The number of carbonyl (C=O) groups excluding carboxylic acids is 1. The van der Waals surface area contributed by atoms with Crippen molar-refractivity contribution in [2.75, 3.05) is 5.01 Å². The molecular formula is C13H9BrF2N2O. The normalized spacial score (nSPS) is 10.3. The number of hydrogen-bond acceptors (Lipinski definition) is 2. The Bertz CT molecular complexity index is 596. The first-order valence-corrected chi connectivity index (χ1v) is 6.08. The zero-order chi connectivity index (χ0) is 14.0. The van der Waals surface area contributed by atoms with Gasteiger partial charge in [-0.25, -0.2) is 19.6 Å². The van der Waals surface area contributed by atoms with Crippen LogP contribution in [0.5, 0.6) is 0 Å². The maximum atomic E-state index is 13.5. The summed E-state index contributed by atoms with van der Waals surface area (Å²) in [5, 5.41) is 0.702. The van der Waals surface area contributed by atoms with Crippen molar-refractivity contribution >= 4 is 27.5 Å². The van der Waals surface area contributed by atoms with E-state index in [1.807, 2.05) is 0 Å². The van der Waals surface area contributed by atoms with Gasteiger partial charge in [-0.05, 0) is 36.4 Å². The van der Waals surface area contributed by atoms with Crippen LogP contribution in [0.3, 0.4) is 0 Å². The Balaban J connectivity index is 2.36. The maximum absolute atomic E-state index is 13.5. The average Bonchev–Trinajstić information content (AvgIpc) is 2.38. The fourth-order valence-corrected chi connectivity index (χ4v) is 1.81. The fraction of sp³-hybridized carbons (Fsp3) is 0. The number of halogens is 3. The number of hydrazine groups is 1. The summed E-state index contributed by atoms with van der Waals surface area (Å²) < 4.78 is 27.8. The third kappa shape index (κ3) is 2.80. The van der Waals surface area contributed by atoms with Gasteiger partial charge in [0.1, 0.15) is 17.2 Å². The highest BCUT2D eigenvalue weighted by Crippen LogP contribution is 2.20. The average molecular weight is 327 g/mol. The smallest absolute Gasteiger partial charge is 0.267 e. The number of nitrogens with zero attached hydrogens (tertiary/aromatic N) is 1. The van der Waals surface area contributed by atoms with Crippen molar-refractivity contribution in [3.05, 3.63) is 64.1 Å².